The van der Waals surface area contributed by atoms with Crippen molar-refractivity contribution in [3.05, 3.63) is 17.7 Å². The van der Waals surface area contributed by atoms with Gasteiger partial charge in [-0.15, -0.1) is 0 Å². The summed E-state index contributed by atoms with van der Waals surface area (Å²) in [4.78, 5) is 4.40. The van der Waals surface area contributed by atoms with Gasteiger partial charge in [0.05, 0.1) is 12.0 Å². The van der Waals surface area contributed by atoms with Gasteiger partial charge in [0.15, 0.2) is 0 Å². The van der Waals surface area contributed by atoms with Crippen molar-refractivity contribution in [1.82, 2.24) is 9.55 Å². The van der Waals surface area contributed by atoms with E-state index in [0.29, 0.717) is 5.92 Å². The Morgan fingerprint density at radius 3 is 2.58 bits per heavy atom. The van der Waals surface area contributed by atoms with Gasteiger partial charge in [0.2, 0.25) is 0 Å². The van der Waals surface area contributed by atoms with Crippen LogP contribution in [0.15, 0.2) is 6.33 Å². The molecule has 1 aromatic heterocycles. The van der Waals surface area contributed by atoms with Gasteiger partial charge in [-0.2, -0.15) is 0 Å². The molecule has 0 aliphatic carbocycles. The number of imidazole rings is 1. The number of hydrogen-bond acceptors (Lipinski definition) is 1. The molecule has 0 unspecified atom stereocenters. The smallest absolute Gasteiger partial charge is 0.0951 e. The van der Waals surface area contributed by atoms with E-state index in [1.54, 1.807) is 0 Å². The lowest BCUT2D eigenvalue weighted by atomic mass is 10.1. The van der Waals surface area contributed by atoms with Crippen molar-refractivity contribution in [3.63, 3.8) is 0 Å². The van der Waals surface area contributed by atoms with Crippen LogP contribution >= 0.6 is 0 Å². The summed E-state index contributed by atoms with van der Waals surface area (Å²) in [5, 5.41) is 0. The van der Waals surface area contributed by atoms with Gasteiger partial charge >= 0.3 is 0 Å². The lowest BCUT2D eigenvalue weighted by Crippen LogP contribution is -1.99. The van der Waals surface area contributed by atoms with E-state index in [0.717, 1.165) is 6.54 Å². The van der Waals surface area contributed by atoms with Crippen LogP contribution in [0.2, 0.25) is 0 Å². The molecule has 0 amide bonds. The van der Waals surface area contributed by atoms with E-state index >= 15 is 0 Å². The van der Waals surface area contributed by atoms with Crippen LogP contribution in [-0.2, 0) is 6.54 Å². The van der Waals surface area contributed by atoms with Gasteiger partial charge in [0, 0.05) is 12.2 Å². The maximum Gasteiger partial charge on any atom is 0.0951 e. The van der Waals surface area contributed by atoms with E-state index < -0.39 is 0 Å². The summed E-state index contributed by atoms with van der Waals surface area (Å²) < 4.78 is 2.23. The molecule has 0 saturated heterocycles. The Balaban J connectivity index is 2.88. The maximum atomic E-state index is 4.40. The molecule has 0 fully saturated rings. The van der Waals surface area contributed by atoms with Gasteiger partial charge in [-0.05, 0) is 19.3 Å². The lowest BCUT2D eigenvalue weighted by molar-refractivity contribution is 0.658. The molecule has 1 heterocycles. The number of aromatic nitrogens is 2. The van der Waals surface area contributed by atoms with Crippen molar-refractivity contribution >= 4 is 0 Å². The topological polar surface area (TPSA) is 17.8 Å². The molecule has 68 valence electrons. The highest BCUT2D eigenvalue weighted by atomic mass is 15.0. The second kappa shape index (κ2) is 3.74. The van der Waals surface area contributed by atoms with Crippen molar-refractivity contribution in [2.45, 2.75) is 46.6 Å². The van der Waals surface area contributed by atoms with Crippen LogP contribution in [0.3, 0.4) is 0 Å². The summed E-state index contributed by atoms with van der Waals surface area (Å²) in [7, 11) is 0. The van der Waals surface area contributed by atoms with Crippen molar-refractivity contribution in [2.75, 3.05) is 0 Å². The van der Waals surface area contributed by atoms with E-state index in [2.05, 4.69) is 37.2 Å². The van der Waals surface area contributed by atoms with Crippen LogP contribution < -0.4 is 0 Å². The molecule has 1 aromatic rings. The predicted octanol–water partition coefficient (Wildman–Crippen LogP) is 2.72. The molecular weight excluding hydrogens is 148 g/mol. The van der Waals surface area contributed by atoms with Gasteiger partial charge in [-0.1, -0.05) is 20.8 Å². The first-order valence-electron chi connectivity index (χ1n) is 4.68. The summed E-state index contributed by atoms with van der Waals surface area (Å²) in [6.45, 7) is 9.80. The third kappa shape index (κ3) is 1.68. The zero-order valence-corrected chi connectivity index (χ0v) is 8.46. The molecule has 0 aliphatic rings. The first-order valence-corrected chi connectivity index (χ1v) is 4.68. The molecule has 0 saturated carbocycles. The van der Waals surface area contributed by atoms with E-state index in [9.17, 15) is 0 Å². The van der Waals surface area contributed by atoms with E-state index in [4.69, 9.17) is 0 Å². The molecule has 0 bridgehead atoms. The average molecular weight is 166 g/mol. The van der Waals surface area contributed by atoms with E-state index in [1.165, 1.54) is 17.8 Å². The highest BCUT2D eigenvalue weighted by Crippen LogP contribution is 2.16. The van der Waals surface area contributed by atoms with Crippen molar-refractivity contribution < 1.29 is 0 Å². The minimum Gasteiger partial charge on any atom is -0.335 e. The van der Waals surface area contributed by atoms with Crippen molar-refractivity contribution in [2.24, 2.45) is 0 Å². The second-order valence-corrected chi connectivity index (χ2v) is 3.56. The van der Waals surface area contributed by atoms with Crippen LogP contribution in [0, 0.1) is 6.92 Å². The lowest BCUT2D eigenvalue weighted by Gasteiger charge is -2.05. The van der Waals surface area contributed by atoms with Crippen molar-refractivity contribution in [3.8, 4) is 0 Å². The quantitative estimate of drug-likeness (QED) is 0.675. The summed E-state index contributed by atoms with van der Waals surface area (Å²) in [5.41, 5.74) is 2.57. The van der Waals surface area contributed by atoms with Gasteiger partial charge in [-0.3, -0.25) is 0 Å². The van der Waals surface area contributed by atoms with Crippen LogP contribution in [0.1, 0.15) is 44.5 Å². The predicted molar refractivity (Wildman–Crippen MR) is 51.3 cm³/mol. The molecular formula is C10H18N2. The van der Waals surface area contributed by atoms with Gasteiger partial charge in [0.25, 0.3) is 0 Å². The molecule has 0 N–H and O–H groups in total. The fourth-order valence-corrected chi connectivity index (χ4v) is 1.49. The Hall–Kier alpha value is -0.790. The molecule has 0 spiro atoms. The third-order valence-electron chi connectivity index (χ3n) is 2.15. The molecule has 0 aliphatic heterocycles. The van der Waals surface area contributed by atoms with Crippen LogP contribution in [-0.4, -0.2) is 9.55 Å². The number of rotatable bonds is 3. The van der Waals surface area contributed by atoms with Gasteiger partial charge in [-0.25, -0.2) is 4.98 Å². The summed E-state index contributed by atoms with van der Waals surface area (Å²) in [6.07, 6.45) is 3.13. The van der Waals surface area contributed by atoms with Crippen molar-refractivity contribution in [1.29, 1.82) is 0 Å². The zero-order chi connectivity index (χ0) is 9.14. The Morgan fingerprint density at radius 1 is 1.50 bits per heavy atom. The van der Waals surface area contributed by atoms with Gasteiger partial charge in [0.1, 0.15) is 0 Å². The summed E-state index contributed by atoms with van der Waals surface area (Å²) in [5.74, 6) is 0.545. The molecule has 0 radical (unpaired) electrons. The Labute approximate surface area is 74.6 Å². The Bertz CT molecular complexity index is 248. The minimum atomic E-state index is 0.545. The molecule has 2 nitrogen and oxygen atoms in total. The third-order valence-corrected chi connectivity index (χ3v) is 2.15. The standard InChI is InChI=1S/C10H18N2/c1-5-6-12-7-11-10(8(2)3)9(12)4/h7-8H,5-6H2,1-4H3. The molecule has 2 heteroatoms. The zero-order valence-electron chi connectivity index (χ0n) is 8.46. The fourth-order valence-electron chi connectivity index (χ4n) is 1.49. The Kier molecular flexibility index (Phi) is 2.90. The summed E-state index contributed by atoms with van der Waals surface area (Å²) in [6, 6.07) is 0. The van der Waals surface area contributed by atoms with E-state index in [1.807, 2.05) is 6.33 Å². The van der Waals surface area contributed by atoms with Crippen LogP contribution in [0.5, 0.6) is 0 Å². The monoisotopic (exact) mass is 166 g/mol. The molecule has 12 heavy (non-hydrogen) atoms. The molecule has 0 atom stereocenters. The normalized spacial score (nSPS) is 11.1. The van der Waals surface area contributed by atoms with Gasteiger partial charge < -0.3 is 4.57 Å². The average Bonchev–Trinajstić information content (AvgIpc) is 2.34. The first kappa shape index (κ1) is 9.30. The number of hydrogen-bond donors (Lipinski definition) is 0. The Morgan fingerprint density at radius 2 is 2.17 bits per heavy atom. The largest absolute Gasteiger partial charge is 0.335 e. The first-order chi connectivity index (χ1) is 5.66. The SMILES string of the molecule is CCCn1cnc(C(C)C)c1C. The number of aryl methyl sites for hydroxylation is 1. The second-order valence-electron chi connectivity index (χ2n) is 3.56. The van der Waals surface area contributed by atoms with E-state index in [-0.39, 0.29) is 0 Å². The maximum absolute atomic E-state index is 4.40. The minimum absolute atomic E-state index is 0.545. The highest BCUT2D eigenvalue weighted by Gasteiger charge is 2.08. The van der Waals surface area contributed by atoms with Crippen LogP contribution in [0.25, 0.3) is 0 Å². The molecule has 1 rings (SSSR count). The summed E-state index contributed by atoms with van der Waals surface area (Å²) >= 11 is 0. The highest BCUT2D eigenvalue weighted by molar-refractivity contribution is 5.14. The molecule has 0 aromatic carbocycles. The van der Waals surface area contributed by atoms with Crippen LogP contribution in [0.4, 0.5) is 0 Å². The fraction of sp³-hybridized carbons (Fsp3) is 0.700. The number of nitrogens with zero attached hydrogens (tertiary/aromatic N) is 2.